The molecule has 3 aromatic rings. The molecule has 0 atom stereocenters. The minimum atomic E-state index is -0.436. The van der Waals surface area contributed by atoms with Crippen molar-refractivity contribution in [2.24, 2.45) is 0 Å². The van der Waals surface area contributed by atoms with Gasteiger partial charge in [-0.15, -0.1) is 0 Å². The number of carbonyl (C=O) groups is 2. The number of amides is 1. The third kappa shape index (κ3) is 3.94. The van der Waals surface area contributed by atoms with Crippen molar-refractivity contribution in [3.8, 4) is 5.69 Å². The summed E-state index contributed by atoms with van der Waals surface area (Å²) >= 11 is 0. The van der Waals surface area contributed by atoms with Crippen molar-refractivity contribution in [3.63, 3.8) is 0 Å². The highest BCUT2D eigenvalue weighted by molar-refractivity contribution is 6.07. The minimum absolute atomic E-state index is 0.234. The Morgan fingerprint density at radius 3 is 2.38 bits per heavy atom. The number of ether oxygens (including phenoxy) is 1. The van der Waals surface area contributed by atoms with E-state index in [1.54, 1.807) is 32.4 Å². The second kappa shape index (κ2) is 7.95. The second-order valence-electron chi connectivity index (χ2n) is 7.33. The molecule has 152 valence electrons. The number of aromatic nitrogens is 3. The molecule has 2 aromatic heterocycles. The highest BCUT2D eigenvalue weighted by Crippen LogP contribution is 2.25. The van der Waals surface area contributed by atoms with Gasteiger partial charge in [-0.25, -0.2) is 9.48 Å². The molecular formula is C22H26N4O3. The van der Waals surface area contributed by atoms with E-state index in [9.17, 15) is 9.59 Å². The molecule has 7 nitrogen and oxygen atoms in total. The minimum Gasteiger partial charge on any atom is -0.459 e. The molecular weight excluding hydrogens is 368 g/mol. The van der Waals surface area contributed by atoms with Crippen LogP contribution in [0.2, 0.25) is 0 Å². The van der Waals surface area contributed by atoms with Gasteiger partial charge in [0.25, 0.3) is 5.91 Å². The standard InChI is InChI=1S/C22H26N4O3/c1-12(2)29-22(28)18-13(3)19(23-14(18)4)21(27)24-20-15(5)25-26(16(20)6)17-10-8-7-9-11-17/h7-12,23H,1-6H3,(H,24,27). The van der Waals surface area contributed by atoms with Crippen molar-refractivity contribution in [3.05, 3.63) is 64.2 Å². The van der Waals surface area contributed by atoms with E-state index in [-0.39, 0.29) is 12.0 Å². The fourth-order valence-electron chi connectivity index (χ4n) is 3.38. The fourth-order valence-corrected chi connectivity index (χ4v) is 3.38. The lowest BCUT2D eigenvalue weighted by atomic mass is 10.1. The zero-order valence-electron chi connectivity index (χ0n) is 17.6. The average molecular weight is 394 g/mol. The van der Waals surface area contributed by atoms with Crippen LogP contribution in [0.4, 0.5) is 5.69 Å². The predicted octanol–water partition coefficient (Wildman–Crippen LogP) is 4.25. The summed E-state index contributed by atoms with van der Waals surface area (Å²) in [5, 5.41) is 7.49. The maximum absolute atomic E-state index is 13.0. The van der Waals surface area contributed by atoms with Crippen LogP contribution in [0.25, 0.3) is 5.69 Å². The maximum atomic E-state index is 13.0. The third-order valence-electron chi connectivity index (χ3n) is 4.74. The Bertz CT molecular complexity index is 1060. The molecule has 0 radical (unpaired) electrons. The summed E-state index contributed by atoms with van der Waals surface area (Å²) in [6.07, 6.45) is -0.234. The lowest BCUT2D eigenvalue weighted by Crippen LogP contribution is -2.16. The fraction of sp³-hybridized carbons (Fsp3) is 0.318. The van der Waals surface area contributed by atoms with Crippen molar-refractivity contribution < 1.29 is 14.3 Å². The van der Waals surface area contributed by atoms with Gasteiger partial charge in [-0.05, 0) is 59.2 Å². The average Bonchev–Trinajstić information content (AvgIpc) is 3.12. The van der Waals surface area contributed by atoms with E-state index in [4.69, 9.17) is 4.74 Å². The number of carbonyl (C=O) groups excluding carboxylic acids is 2. The monoisotopic (exact) mass is 394 g/mol. The van der Waals surface area contributed by atoms with Gasteiger partial charge < -0.3 is 15.0 Å². The van der Waals surface area contributed by atoms with Crippen molar-refractivity contribution in [1.82, 2.24) is 14.8 Å². The lowest BCUT2D eigenvalue weighted by Gasteiger charge is -2.09. The molecule has 0 aliphatic heterocycles. The number of para-hydroxylation sites is 1. The predicted molar refractivity (Wildman–Crippen MR) is 112 cm³/mol. The molecule has 0 aliphatic carbocycles. The zero-order chi connectivity index (χ0) is 21.3. The van der Waals surface area contributed by atoms with Crippen LogP contribution in [-0.2, 0) is 4.74 Å². The van der Waals surface area contributed by atoms with Crippen LogP contribution in [0.1, 0.15) is 57.3 Å². The molecule has 0 saturated carbocycles. The number of aromatic amines is 1. The van der Waals surface area contributed by atoms with Crippen molar-refractivity contribution >= 4 is 17.6 Å². The van der Waals surface area contributed by atoms with E-state index in [1.807, 2.05) is 44.2 Å². The van der Waals surface area contributed by atoms with Gasteiger partial charge in [0.1, 0.15) is 5.69 Å². The Kier molecular flexibility index (Phi) is 5.59. The number of aryl methyl sites for hydroxylation is 2. The number of nitrogens with zero attached hydrogens (tertiary/aromatic N) is 2. The molecule has 2 N–H and O–H groups in total. The number of hydrogen-bond acceptors (Lipinski definition) is 4. The SMILES string of the molecule is Cc1nn(-c2ccccc2)c(C)c1NC(=O)c1[nH]c(C)c(C(=O)OC(C)C)c1C. The summed E-state index contributed by atoms with van der Waals surface area (Å²) in [5.74, 6) is -0.762. The molecule has 1 amide bonds. The van der Waals surface area contributed by atoms with Crippen LogP contribution in [0.3, 0.4) is 0 Å². The van der Waals surface area contributed by atoms with Gasteiger partial charge in [0.05, 0.1) is 34.4 Å². The number of anilines is 1. The van der Waals surface area contributed by atoms with E-state index in [0.717, 1.165) is 11.4 Å². The summed E-state index contributed by atoms with van der Waals surface area (Å²) in [6, 6.07) is 9.72. The Morgan fingerprint density at radius 1 is 1.10 bits per heavy atom. The van der Waals surface area contributed by atoms with Crippen LogP contribution >= 0.6 is 0 Å². The van der Waals surface area contributed by atoms with Gasteiger partial charge >= 0.3 is 5.97 Å². The molecule has 0 spiro atoms. The Hall–Kier alpha value is -3.35. The molecule has 0 unspecified atom stereocenters. The number of esters is 1. The molecule has 0 aliphatic rings. The summed E-state index contributed by atoms with van der Waals surface area (Å²) in [7, 11) is 0. The van der Waals surface area contributed by atoms with E-state index < -0.39 is 5.97 Å². The first kappa shape index (κ1) is 20.4. The van der Waals surface area contributed by atoms with E-state index in [0.29, 0.717) is 33.9 Å². The summed E-state index contributed by atoms with van der Waals surface area (Å²) < 4.78 is 7.09. The van der Waals surface area contributed by atoms with Gasteiger partial charge in [0.2, 0.25) is 0 Å². The second-order valence-corrected chi connectivity index (χ2v) is 7.33. The molecule has 0 fully saturated rings. The van der Waals surface area contributed by atoms with Crippen LogP contribution in [0.15, 0.2) is 30.3 Å². The van der Waals surface area contributed by atoms with E-state index in [1.165, 1.54) is 0 Å². The first-order valence-corrected chi connectivity index (χ1v) is 9.53. The smallest absolute Gasteiger partial charge is 0.340 e. The highest BCUT2D eigenvalue weighted by Gasteiger charge is 2.25. The number of H-pyrrole nitrogens is 1. The number of hydrogen-bond donors (Lipinski definition) is 2. The normalized spacial score (nSPS) is 11.0. The van der Waals surface area contributed by atoms with Crippen molar-refractivity contribution in [2.75, 3.05) is 5.32 Å². The van der Waals surface area contributed by atoms with Gasteiger partial charge in [-0.1, -0.05) is 18.2 Å². The van der Waals surface area contributed by atoms with E-state index >= 15 is 0 Å². The number of rotatable bonds is 5. The van der Waals surface area contributed by atoms with Gasteiger partial charge in [0, 0.05) is 5.69 Å². The topological polar surface area (TPSA) is 89.0 Å². The van der Waals surface area contributed by atoms with Crippen molar-refractivity contribution in [2.45, 2.75) is 47.6 Å². The van der Waals surface area contributed by atoms with Crippen LogP contribution in [0.5, 0.6) is 0 Å². The molecule has 0 bridgehead atoms. The molecule has 29 heavy (non-hydrogen) atoms. The highest BCUT2D eigenvalue weighted by atomic mass is 16.5. The maximum Gasteiger partial charge on any atom is 0.340 e. The summed E-state index contributed by atoms with van der Waals surface area (Å²) in [5.41, 5.74) is 5.00. The van der Waals surface area contributed by atoms with Gasteiger partial charge in [-0.2, -0.15) is 5.10 Å². The van der Waals surface area contributed by atoms with Gasteiger partial charge in [0.15, 0.2) is 0 Å². The first-order valence-electron chi connectivity index (χ1n) is 9.53. The summed E-state index contributed by atoms with van der Waals surface area (Å²) in [4.78, 5) is 28.4. The molecule has 2 heterocycles. The molecule has 1 aromatic carbocycles. The molecule has 7 heteroatoms. The number of nitrogens with one attached hydrogen (secondary N) is 2. The Morgan fingerprint density at radius 2 is 1.76 bits per heavy atom. The third-order valence-corrected chi connectivity index (χ3v) is 4.74. The quantitative estimate of drug-likeness (QED) is 0.633. The lowest BCUT2D eigenvalue weighted by molar-refractivity contribution is 0.0376. The zero-order valence-corrected chi connectivity index (χ0v) is 17.6. The molecule has 3 rings (SSSR count). The van der Waals surface area contributed by atoms with Crippen LogP contribution < -0.4 is 5.32 Å². The first-order chi connectivity index (χ1) is 13.7. The molecule has 0 saturated heterocycles. The van der Waals surface area contributed by atoms with Crippen LogP contribution in [0, 0.1) is 27.7 Å². The van der Waals surface area contributed by atoms with Gasteiger partial charge in [-0.3, -0.25) is 4.79 Å². The largest absolute Gasteiger partial charge is 0.459 e. The van der Waals surface area contributed by atoms with Crippen molar-refractivity contribution in [1.29, 1.82) is 0 Å². The number of benzene rings is 1. The van der Waals surface area contributed by atoms with Crippen LogP contribution in [-0.4, -0.2) is 32.7 Å². The Balaban J connectivity index is 1.90. The summed E-state index contributed by atoms with van der Waals surface area (Å²) in [6.45, 7) is 10.8. The Labute approximate surface area is 170 Å². The van der Waals surface area contributed by atoms with E-state index in [2.05, 4.69) is 15.4 Å².